The molecule has 4 aliphatic rings. The largest absolute Gasteiger partial charge is 0.466 e. The molecule has 20 heavy (non-hydrogen) atoms. The van der Waals surface area contributed by atoms with Crippen molar-refractivity contribution in [3.05, 3.63) is 23.3 Å². The number of allylic oxidation sites excluding steroid dienone is 2. The number of carbonyl (C=O) groups excluding carboxylic acids is 2. The summed E-state index contributed by atoms with van der Waals surface area (Å²) in [7, 11) is 2.61. The Balaban J connectivity index is 2.11. The van der Waals surface area contributed by atoms with Gasteiger partial charge in [0.2, 0.25) is 0 Å². The van der Waals surface area contributed by atoms with Gasteiger partial charge in [-0.25, -0.2) is 9.59 Å². The molecule has 6 heteroatoms. The van der Waals surface area contributed by atoms with Crippen LogP contribution in [0.5, 0.6) is 0 Å². The zero-order valence-corrected chi connectivity index (χ0v) is 12.5. The summed E-state index contributed by atoms with van der Waals surface area (Å²) < 4.78 is 9.64. The summed E-state index contributed by atoms with van der Waals surface area (Å²) in [5.41, 5.74) is 0.754. The minimum absolute atomic E-state index is 0.0803. The topological polar surface area (TPSA) is 52.6 Å². The molecule has 0 spiro atoms. The second kappa shape index (κ2) is 4.78. The summed E-state index contributed by atoms with van der Waals surface area (Å²) in [6.45, 7) is 0. The number of methoxy groups -OCH3 is 2. The molecule has 1 saturated carbocycles. The lowest BCUT2D eigenvalue weighted by atomic mass is 9.51. The van der Waals surface area contributed by atoms with Crippen LogP contribution < -0.4 is 0 Å². The average Bonchev–Trinajstić information content (AvgIpc) is 2.50. The summed E-state index contributed by atoms with van der Waals surface area (Å²) in [5, 5.41) is -0.393. The fourth-order valence-corrected chi connectivity index (χ4v) is 4.71. The molecule has 0 aromatic heterocycles. The van der Waals surface area contributed by atoms with E-state index in [-0.39, 0.29) is 34.4 Å². The van der Waals surface area contributed by atoms with Gasteiger partial charge in [-0.2, -0.15) is 0 Å². The maximum Gasteiger partial charge on any atom is 0.334 e. The van der Waals surface area contributed by atoms with Crippen molar-refractivity contribution in [3.63, 3.8) is 0 Å². The van der Waals surface area contributed by atoms with Gasteiger partial charge in [0.1, 0.15) is 0 Å². The molecule has 0 saturated heterocycles. The normalized spacial score (nSPS) is 41.0. The Kier molecular flexibility index (Phi) is 3.33. The molecule has 108 valence electrons. The maximum atomic E-state index is 12.1. The lowest BCUT2D eigenvalue weighted by Crippen LogP contribution is -2.61. The van der Waals surface area contributed by atoms with Crippen LogP contribution in [0.1, 0.15) is 0 Å². The number of esters is 2. The molecular formula is C14H14Cl2O4. The van der Waals surface area contributed by atoms with Crippen molar-refractivity contribution in [1.82, 2.24) is 0 Å². The van der Waals surface area contributed by atoms with Gasteiger partial charge in [-0.3, -0.25) is 0 Å². The zero-order valence-electron chi connectivity index (χ0n) is 11.0. The molecule has 4 aliphatic carbocycles. The molecule has 6 atom stereocenters. The highest BCUT2D eigenvalue weighted by Gasteiger charge is 2.62. The highest BCUT2D eigenvalue weighted by molar-refractivity contribution is 6.32. The van der Waals surface area contributed by atoms with Crippen LogP contribution in [0.25, 0.3) is 0 Å². The van der Waals surface area contributed by atoms with E-state index in [1.807, 2.05) is 12.2 Å². The first kappa shape index (κ1) is 14.0. The number of halogens is 2. The van der Waals surface area contributed by atoms with Crippen LogP contribution in [0.15, 0.2) is 23.3 Å². The van der Waals surface area contributed by atoms with E-state index in [1.54, 1.807) is 0 Å². The fraction of sp³-hybridized carbons (Fsp3) is 0.571. The van der Waals surface area contributed by atoms with Crippen molar-refractivity contribution >= 4 is 35.1 Å². The predicted octanol–water partition coefficient (Wildman–Crippen LogP) is 1.91. The lowest BCUT2D eigenvalue weighted by Gasteiger charge is -2.57. The molecule has 0 radical (unpaired) electrons. The SMILES string of the molecule is COC(=O)C1=C(C(=O)OC)[C@H]2C=C[C@H]1[C@@H]1[C@H](Cl)[C@@H](Cl)[C@H]12. The number of carbonyl (C=O) groups is 2. The van der Waals surface area contributed by atoms with E-state index in [4.69, 9.17) is 32.7 Å². The van der Waals surface area contributed by atoms with Crippen LogP contribution in [-0.2, 0) is 19.1 Å². The summed E-state index contributed by atoms with van der Waals surface area (Å²) in [6, 6.07) is 0. The maximum absolute atomic E-state index is 12.1. The second-order valence-electron chi connectivity index (χ2n) is 5.29. The highest BCUT2D eigenvalue weighted by Crippen LogP contribution is 2.60. The Morgan fingerprint density at radius 3 is 1.55 bits per heavy atom. The van der Waals surface area contributed by atoms with E-state index >= 15 is 0 Å². The van der Waals surface area contributed by atoms with Crippen LogP contribution in [-0.4, -0.2) is 36.9 Å². The summed E-state index contributed by atoms with van der Waals surface area (Å²) in [6.07, 6.45) is 3.87. The van der Waals surface area contributed by atoms with Crippen molar-refractivity contribution in [1.29, 1.82) is 0 Å². The van der Waals surface area contributed by atoms with E-state index in [9.17, 15) is 9.59 Å². The van der Waals surface area contributed by atoms with Crippen LogP contribution in [0, 0.1) is 23.7 Å². The van der Waals surface area contributed by atoms with Crippen molar-refractivity contribution < 1.29 is 19.1 Å². The number of alkyl halides is 2. The van der Waals surface area contributed by atoms with Crippen LogP contribution >= 0.6 is 23.2 Å². The van der Waals surface area contributed by atoms with E-state index in [2.05, 4.69) is 0 Å². The van der Waals surface area contributed by atoms with E-state index in [0.29, 0.717) is 11.1 Å². The molecule has 0 unspecified atom stereocenters. The third-order valence-corrected chi connectivity index (χ3v) is 5.86. The Morgan fingerprint density at radius 2 is 1.25 bits per heavy atom. The average molecular weight is 317 g/mol. The van der Waals surface area contributed by atoms with Gasteiger partial charge in [-0.1, -0.05) is 12.2 Å². The molecule has 0 aromatic rings. The minimum Gasteiger partial charge on any atom is -0.466 e. The Bertz CT molecular complexity index is 493. The second-order valence-corrected chi connectivity index (χ2v) is 6.30. The molecular weight excluding hydrogens is 303 g/mol. The van der Waals surface area contributed by atoms with Crippen LogP contribution in [0.2, 0.25) is 0 Å². The third-order valence-electron chi connectivity index (χ3n) is 4.61. The van der Waals surface area contributed by atoms with Gasteiger partial charge in [-0.15, -0.1) is 23.2 Å². The van der Waals surface area contributed by atoms with Gasteiger partial charge in [0.15, 0.2) is 0 Å². The highest BCUT2D eigenvalue weighted by atomic mass is 35.5. The summed E-state index contributed by atoms with van der Waals surface area (Å²) in [5.74, 6) is -1.27. The van der Waals surface area contributed by atoms with Gasteiger partial charge in [0, 0.05) is 11.8 Å². The van der Waals surface area contributed by atoms with Crippen molar-refractivity contribution in [2.75, 3.05) is 14.2 Å². The van der Waals surface area contributed by atoms with Gasteiger partial charge in [-0.05, 0) is 11.8 Å². The standard InChI is InChI=1S/C14H14Cl2O4/c1-19-13(17)9-5-3-4-6(10(9)14(18)20-2)8-7(5)11(15)12(8)16/h3-8,11-12H,1-2H3/t5-,6-,7-,8-,11-,12-/m0/s1. The summed E-state index contributed by atoms with van der Waals surface area (Å²) >= 11 is 12.6. The molecule has 0 aliphatic heterocycles. The molecule has 1 fully saturated rings. The Labute approximate surface area is 126 Å². The van der Waals surface area contributed by atoms with Gasteiger partial charge >= 0.3 is 11.9 Å². The van der Waals surface area contributed by atoms with E-state index in [0.717, 1.165) is 0 Å². The number of ether oxygens (including phenoxy) is 2. The Morgan fingerprint density at radius 1 is 0.900 bits per heavy atom. The molecule has 0 aromatic carbocycles. The van der Waals surface area contributed by atoms with Gasteiger partial charge in [0.25, 0.3) is 0 Å². The molecule has 0 N–H and O–H groups in total. The van der Waals surface area contributed by atoms with Crippen molar-refractivity contribution in [2.45, 2.75) is 10.8 Å². The predicted molar refractivity (Wildman–Crippen MR) is 73.4 cm³/mol. The van der Waals surface area contributed by atoms with Crippen LogP contribution in [0.4, 0.5) is 0 Å². The molecule has 2 bridgehead atoms. The third kappa shape index (κ3) is 1.61. The van der Waals surface area contributed by atoms with Gasteiger partial charge < -0.3 is 9.47 Å². The van der Waals surface area contributed by atoms with E-state index < -0.39 is 11.9 Å². The first-order valence-electron chi connectivity index (χ1n) is 6.40. The Hall–Kier alpha value is -1.00. The molecule has 0 amide bonds. The number of rotatable bonds is 2. The molecule has 4 rings (SSSR count). The smallest absolute Gasteiger partial charge is 0.334 e. The first-order valence-corrected chi connectivity index (χ1v) is 7.27. The number of hydrogen-bond acceptors (Lipinski definition) is 4. The van der Waals surface area contributed by atoms with Crippen LogP contribution in [0.3, 0.4) is 0 Å². The summed E-state index contributed by atoms with van der Waals surface area (Å²) in [4.78, 5) is 24.1. The molecule has 0 heterocycles. The minimum atomic E-state index is -0.495. The zero-order chi connectivity index (χ0) is 14.6. The number of hydrogen-bond donors (Lipinski definition) is 0. The molecule has 4 nitrogen and oxygen atoms in total. The monoisotopic (exact) mass is 316 g/mol. The fourth-order valence-electron chi connectivity index (χ4n) is 3.72. The van der Waals surface area contributed by atoms with E-state index in [1.165, 1.54) is 14.2 Å². The van der Waals surface area contributed by atoms with Crippen molar-refractivity contribution in [2.24, 2.45) is 23.7 Å². The first-order chi connectivity index (χ1) is 9.52. The lowest BCUT2D eigenvalue weighted by molar-refractivity contribution is -0.142. The van der Waals surface area contributed by atoms with Crippen molar-refractivity contribution in [3.8, 4) is 0 Å². The quantitative estimate of drug-likeness (QED) is 0.443. The van der Waals surface area contributed by atoms with Gasteiger partial charge in [0.05, 0.1) is 36.1 Å².